The van der Waals surface area contributed by atoms with Gasteiger partial charge in [-0.05, 0) is 78.4 Å². The van der Waals surface area contributed by atoms with Crippen LogP contribution in [-0.2, 0) is 16.1 Å². The lowest BCUT2D eigenvalue weighted by Crippen LogP contribution is -2.37. The molecule has 1 fully saturated rings. The highest BCUT2D eigenvalue weighted by Gasteiger charge is 2.44. The molecule has 0 radical (unpaired) electrons. The van der Waals surface area contributed by atoms with E-state index in [1.54, 1.807) is 41.3 Å². The van der Waals surface area contributed by atoms with Gasteiger partial charge in [0.2, 0.25) is 5.91 Å². The van der Waals surface area contributed by atoms with E-state index < -0.39 is 17.8 Å². The van der Waals surface area contributed by atoms with Crippen LogP contribution in [0.15, 0.2) is 72.8 Å². The standard InChI is InChI=1S/C24H18ClF2N3O2S/c25-16-3-9-19(10-4-16)28-22(31)13-21-23(32)30(20-11-7-18(27)8-12-20)24(33)29(21)14-15-1-5-17(26)6-2-15/h1-12,21H,13-14H2,(H,28,31). The van der Waals surface area contributed by atoms with E-state index in [9.17, 15) is 18.4 Å². The summed E-state index contributed by atoms with van der Waals surface area (Å²) in [6.07, 6.45) is -0.166. The Morgan fingerprint density at radius 3 is 2.12 bits per heavy atom. The monoisotopic (exact) mass is 485 g/mol. The number of benzene rings is 3. The Kier molecular flexibility index (Phi) is 6.67. The zero-order chi connectivity index (χ0) is 23.5. The number of halogens is 3. The van der Waals surface area contributed by atoms with E-state index in [0.717, 1.165) is 5.56 Å². The molecule has 1 heterocycles. The summed E-state index contributed by atoms with van der Waals surface area (Å²) in [5, 5.41) is 3.46. The van der Waals surface area contributed by atoms with Gasteiger partial charge in [-0.1, -0.05) is 23.7 Å². The first kappa shape index (κ1) is 22.8. The minimum atomic E-state index is -0.889. The van der Waals surface area contributed by atoms with Crippen molar-refractivity contribution in [2.24, 2.45) is 0 Å². The van der Waals surface area contributed by atoms with Crippen molar-refractivity contribution in [3.05, 3.63) is 95.0 Å². The Hall–Kier alpha value is -3.36. The minimum absolute atomic E-state index is 0.166. The molecule has 0 spiro atoms. The molecule has 1 N–H and O–H groups in total. The predicted octanol–water partition coefficient (Wildman–Crippen LogP) is 5.15. The molecular weight excluding hydrogens is 468 g/mol. The van der Waals surface area contributed by atoms with Crippen molar-refractivity contribution in [3.63, 3.8) is 0 Å². The van der Waals surface area contributed by atoms with Crippen molar-refractivity contribution in [1.29, 1.82) is 0 Å². The molecule has 0 aliphatic carbocycles. The van der Waals surface area contributed by atoms with E-state index in [1.165, 1.54) is 41.3 Å². The van der Waals surface area contributed by atoms with Gasteiger partial charge in [0.15, 0.2) is 5.11 Å². The van der Waals surface area contributed by atoms with Crippen LogP contribution < -0.4 is 10.2 Å². The lowest BCUT2D eigenvalue weighted by Gasteiger charge is -2.24. The average Bonchev–Trinajstić information content (AvgIpc) is 3.01. The second-order valence-corrected chi connectivity index (χ2v) is 8.26. The number of anilines is 2. The Bertz CT molecular complexity index is 1190. The Morgan fingerprint density at radius 1 is 0.939 bits per heavy atom. The van der Waals surface area contributed by atoms with E-state index in [4.69, 9.17) is 23.8 Å². The van der Waals surface area contributed by atoms with Crippen molar-refractivity contribution in [1.82, 2.24) is 4.90 Å². The Morgan fingerprint density at radius 2 is 1.52 bits per heavy atom. The SMILES string of the molecule is O=C(CC1C(=O)N(c2ccc(F)cc2)C(=S)N1Cc1ccc(F)cc1)Nc1ccc(Cl)cc1. The van der Waals surface area contributed by atoms with Gasteiger partial charge in [0.05, 0.1) is 12.1 Å². The van der Waals surface area contributed by atoms with E-state index in [-0.39, 0.29) is 29.8 Å². The number of carbonyl (C=O) groups is 2. The van der Waals surface area contributed by atoms with Gasteiger partial charge in [-0.15, -0.1) is 0 Å². The summed E-state index contributed by atoms with van der Waals surface area (Å²) in [5.41, 5.74) is 1.66. The van der Waals surface area contributed by atoms with Crippen molar-refractivity contribution < 1.29 is 18.4 Å². The molecule has 1 saturated heterocycles. The molecule has 1 aliphatic rings. The van der Waals surface area contributed by atoms with Gasteiger partial charge >= 0.3 is 0 Å². The lowest BCUT2D eigenvalue weighted by atomic mass is 10.1. The minimum Gasteiger partial charge on any atom is -0.332 e. The number of rotatable bonds is 6. The van der Waals surface area contributed by atoms with Crippen LogP contribution >= 0.6 is 23.8 Å². The third-order valence-corrected chi connectivity index (χ3v) is 5.85. The fourth-order valence-electron chi connectivity index (χ4n) is 3.55. The smallest absolute Gasteiger partial charge is 0.256 e. The number of nitrogens with one attached hydrogen (secondary N) is 1. The highest BCUT2D eigenvalue weighted by atomic mass is 35.5. The predicted molar refractivity (Wildman–Crippen MR) is 127 cm³/mol. The van der Waals surface area contributed by atoms with Crippen molar-refractivity contribution in [3.8, 4) is 0 Å². The largest absolute Gasteiger partial charge is 0.332 e. The summed E-state index contributed by atoms with van der Waals surface area (Å²) in [6.45, 7) is 0.196. The highest BCUT2D eigenvalue weighted by Crippen LogP contribution is 2.29. The van der Waals surface area contributed by atoms with Crippen LogP contribution in [0.25, 0.3) is 0 Å². The van der Waals surface area contributed by atoms with Gasteiger partial charge in [0.25, 0.3) is 5.91 Å². The number of nitrogens with zero attached hydrogens (tertiary/aromatic N) is 2. The number of thiocarbonyl (C=S) groups is 1. The number of hydrogen-bond donors (Lipinski definition) is 1. The molecule has 2 amide bonds. The zero-order valence-corrected chi connectivity index (χ0v) is 18.7. The molecule has 4 rings (SSSR count). The molecular formula is C24H18ClF2N3O2S. The normalized spacial score (nSPS) is 15.8. The quantitative estimate of drug-likeness (QED) is 0.491. The van der Waals surface area contributed by atoms with Crippen LogP contribution in [0, 0.1) is 11.6 Å². The average molecular weight is 486 g/mol. The van der Waals surface area contributed by atoms with Gasteiger partial charge in [-0.25, -0.2) is 8.78 Å². The van der Waals surface area contributed by atoms with Crippen LogP contribution in [0.3, 0.4) is 0 Å². The maximum atomic E-state index is 13.4. The number of amides is 2. The zero-order valence-electron chi connectivity index (χ0n) is 17.2. The second kappa shape index (κ2) is 9.64. The second-order valence-electron chi connectivity index (χ2n) is 7.46. The third-order valence-electron chi connectivity index (χ3n) is 5.18. The summed E-state index contributed by atoms with van der Waals surface area (Å²) in [5.74, 6) is -1.62. The molecule has 3 aromatic rings. The molecule has 5 nitrogen and oxygen atoms in total. The summed E-state index contributed by atoms with van der Waals surface area (Å²) < 4.78 is 26.7. The summed E-state index contributed by atoms with van der Waals surface area (Å²) in [4.78, 5) is 29.0. The topological polar surface area (TPSA) is 52.7 Å². The first-order valence-electron chi connectivity index (χ1n) is 10.0. The fraction of sp³-hybridized carbons (Fsp3) is 0.125. The molecule has 1 aliphatic heterocycles. The molecule has 0 aromatic heterocycles. The van der Waals surface area contributed by atoms with Gasteiger partial charge in [0.1, 0.15) is 17.7 Å². The Labute approximate surface area is 199 Å². The maximum Gasteiger partial charge on any atom is 0.256 e. The fourth-order valence-corrected chi connectivity index (χ4v) is 4.06. The van der Waals surface area contributed by atoms with Gasteiger partial charge < -0.3 is 10.2 Å². The van der Waals surface area contributed by atoms with Crippen molar-refractivity contribution in [2.75, 3.05) is 10.2 Å². The van der Waals surface area contributed by atoms with E-state index >= 15 is 0 Å². The summed E-state index contributed by atoms with van der Waals surface area (Å²) >= 11 is 11.4. The number of carbonyl (C=O) groups excluding carboxylic acids is 2. The third kappa shape index (κ3) is 5.18. The first-order chi connectivity index (χ1) is 15.8. The molecule has 0 bridgehead atoms. The van der Waals surface area contributed by atoms with E-state index in [2.05, 4.69) is 5.32 Å². The molecule has 9 heteroatoms. The molecule has 1 unspecified atom stereocenters. The van der Waals surface area contributed by atoms with Crippen LogP contribution in [0.1, 0.15) is 12.0 Å². The summed E-state index contributed by atoms with van der Waals surface area (Å²) in [6, 6.07) is 16.9. The van der Waals surface area contributed by atoms with Crippen LogP contribution in [-0.4, -0.2) is 27.9 Å². The van der Waals surface area contributed by atoms with Crippen molar-refractivity contribution in [2.45, 2.75) is 19.0 Å². The van der Waals surface area contributed by atoms with Crippen LogP contribution in [0.5, 0.6) is 0 Å². The maximum absolute atomic E-state index is 13.4. The van der Waals surface area contributed by atoms with Crippen molar-refractivity contribution >= 4 is 52.1 Å². The Balaban J connectivity index is 1.59. The van der Waals surface area contributed by atoms with Gasteiger partial charge in [0, 0.05) is 17.3 Å². The van der Waals surface area contributed by atoms with E-state index in [1.807, 2.05) is 0 Å². The lowest BCUT2D eigenvalue weighted by molar-refractivity contribution is -0.124. The van der Waals surface area contributed by atoms with E-state index in [0.29, 0.717) is 16.4 Å². The molecule has 3 aromatic carbocycles. The first-order valence-corrected chi connectivity index (χ1v) is 10.8. The number of hydrogen-bond acceptors (Lipinski definition) is 3. The van der Waals surface area contributed by atoms with Crippen LogP contribution in [0.4, 0.5) is 20.2 Å². The van der Waals surface area contributed by atoms with Gasteiger partial charge in [-0.2, -0.15) is 0 Å². The molecule has 168 valence electrons. The highest BCUT2D eigenvalue weighted by molar-refractivity contribution is 7.80. The van der Waals surface area contributed by atoms with Gasteiger partial charge in [-0.3, -0.25) is 14.5 Å². The summed E-state index contributed by atoms with van der Waals surface area (Å²) in [7, 11) is 0. The molecule has 33 heavy (non-hydrogen) atoms. The molecule has 1 atom stereocenters. The molecule has 0 saturated carbocycles. The van der Waals surface area contributed by atoms with Crippen LogP contribution in [0.2, 0.25) is 5.02 Å².